The first-order valence-corrected chi connectivity index (χ1v) is 40.9. The smallest absolute Gasteiger partial charge is 0.0811 e. The molecule has 1 aromatic carbocycles. The summed E-state index contributed by atoms with van der Waals surface area (Å²) < 4.78 is 51.2. The molecule has 93 heavy (non-hydrogen) atoms. The molecule has 29 atom stereocenters. The first kappa shape index (κ1) is 75.2. The summed E-state index contributed by atoms with van der Waals surface area (Å²) in [6, 6.07) is 6.02. The molecule has 1 aromatic rings. The van der Waals surface area contributed by atoms with Gasteiger partial charge in [-0.25, -0.2) is 0 Å². The maximum absolute atomic E-state index is 6.12. The van der Waals surface area contributed by atoms with E-state index < -0.39 is 0 Å². The molecule has 29 unspecified atom stereocenters. The van der Waals surface area contributed by atoms with E-state index in [1.54, 1.807) is 0 Å². The lowest BCUT2D eigenvalue weighted by molar-refractivity contribution is -0.236. The molecular weight excluding hydrogens is 1200 g/mol. The van der Waals surface area contributed by atoms with Crippen LogP contribution in [0.15, 0.2) is 12.1 Å². The molecule has 16 heterocycles. The molecule has 534 valence electrons. The number of epoxide rings is 1. The fourth-order valence-electron chi connectivity index (χ4n) is 20.8. The fourth-order valence-corrected chi connectivity index (χ4v) is 23.0. The van der Waals surface area contributed by atoms with Gasteiger partial charge in [0.1, 0.15) is 0 Å². The first-order valence-electron chi connectivity index (χ1n) is 38.9. The van der Waals surface area contributed by atoms with E-state index in [0.29, 0.717) is 83.9 Å². The Kier molecular flexibility index (Phi) is 26.4. The summed E-state index contributed by atoms with van der Waals surface area (Å²) in [7, 11) is 0. The van der Waals surface area contributed by atoms with Crippen LogP contribution in [0.1, 0.15) is 269 Å². The minimum Gasteiger partial charge on any atom is -0.378 e. The number of fused-ring (bicyclic) bond motifs is 12. The number of ether oxygens (including phenoxy) is 9. The van der Waals surface area contributed by atoms with Crippen molar-refractivity contribution < 1.29 is 42.6 Å². The average molecular weight is 1340 g/mol. The Balaban J connectivity index is 0.000000114. The van der Waals surface area contributed by atoms with Crippen LogP contribution in [0.4, 0.5) is 0 Å². The zero-order valence-corrected chi connectivity index (χ0v) is 64.4. The highest BCUT2D eigenvalue weighted by Gasteiger charge is 2.66. The molecule has 4 aliphatic carbocycles. The van der Waals surface area contributed by atoms with Gasteiger partial charge in [0.15, 0.2) is 0 Å². The van der Waals surface area contributed by atoms with Gasteiger partial charge in [-0.2, -0.15) is 23.5 Å². The minimum atomic E-state index is 0.263. The van der Waals surface area contributed by atoms with E-state index in [1.807, 2.05) is 11.8 Å². The van der Waals surface area contributed by atoms with Crippen LogP contribution in [0.25, 0.3) is 0 Å². The second kappa shape index (κ2) is 32.7. The van der Waals surface area contributed by atoms with E-state index >= 15 is 0 Å². The Bertz CT molecular complexity index is 2330. The van der Waals surface area contributed by atoms with Crippen LogP contribution in [0, 0.1) is 84.4 Å². The molecule has 15 saturated heterocycles. The third kappa shape index (κ3) is 20.2. The van der Waals surface area contributed by atoms with Crippen molar-refractivity contribution in [3.05, 3.63) is 34.4 Å². The van der Waals surface area contributed by atoms with E-state index in [9.17, 15) is 0 Å². The maximum Gasteiger partial charge on any atom is 0.0811 e. The monoisotopic (exact) mass is 1330 g/mol. The standard InChI is InChI=1S/C12H18O2.2C11H18O.C10H12O.C8H14O.C8H16O.C6H12OS.C6H12S.C5H11N.C4H8O/c1-5-3-7-9-8-4-6(2)12(14-8)10(9)11(5)13-7;1-10-4-8-3-9(6-10)12-11(2,5-8)7-10;1-7-9-3-8-4-10(7)12-11(2,5-8)6-9;1-7-3-8(2)10-6-11-5-9(10)4-7;1-5-3-8-6(2)4-7(5)9-8;1-7-4-3-5-8(2)9-6-7;1-5-4-8-6(2)3-7-5;1-5-3-4-6(2)7-5;1-4-3-5(2)6-4;1-3-4(2)5-3/h5-12H,3-4H2,1-2H3;8-9H,3-7H2,1-2H3;7-10H,3-6H2,1-2H3;3-4H,5-6H2,1-2H3;5-8H,3-4H2,1-2H3;7-8H,3-6H2,1-2H3;5-6H,3-4H2,1-2H3;5-6H,3-4H2,1-2H3;4-6H,3H2,1-2H3;3-4H,1-2H3. The lowest BCUT2D eigenvalue weighted by Crippen LogP contribution is -2.56. The number of thioether (sulfide) groups is 2. The van der Waals surface area contributed by atoms with Crippen LogP contribution in [0.3, 0.4) is 0 Å². The summed E-state index contributed by atoms with van der Waals surface area (Å²) in [6.07, 6.45) is 32.4. The van der Waals surface area contributed by atoms with Gasteiger partial charge >= 0.3 is 0 Å². The van der Waals surface area contributed by atoms with Crippen LogP contribution in [0.5, 0.6) is 0 Å². The van der Waals surface area contributed by atoms with Crippen LogP contribution < -0.4 is 5.32 Å². The highest BCUT2D eigenvalue weighted by Crippen LogP contribution is 2.61. The number of hydrogen-bond donors (Lipinski definition) is 1. The van der Waals surface area contributed by atoms with E-state index in [4.69, 9.17) is 42.6 Å². The van der Waals surface area contributed by atoms with Crippen molar-refractivity contribution in [1.82, 2.24) is 5.32 Å². The highest BCUT2D eigenvalue weighted by molar-refractivity contribution is 8.00. The van der Waals surface area contributed by atoms with Gasteiger partial charge in [-0.1, -0.05) is 93.4 Å². The van der Waals surface area contributed by atoms with E-state index in [1.165, 1.54) is 150 Å². The van der Waals surface area contributed by atoms with Gasteiger partial charge < -0.3 is 47.9 Å². The number of benzene rings is 1. The Hall–Kier alpha value is -0.480. The van der Waals surface area contributed by atoms with Crippen molar-refractivity contribution in [3.8, 4) is 0 Å². The van der Waals surface area contributed by atoms with Gasteiger partial charge in [-0.15, -0.1) is 0 Å². The summed E-state index contributed by atoms with van der Waals surface area (Å²) in [5.41, 5.74) is 6.67. The van der Waals surface area contributed by atoms with Crippen molar-refractivity contribution in [2.75, 3.05) is 19.0 Å². The average Bonchev–Trinajstić information content (AvgIpc) is 1.66. The topological polar surface area (TPSA) is 98.4 Å². The van der Waals surface area contributed by atoms with Crippen molar-refractivity contribution in [3.63, 3.8) is 0 Å². The molecular formula is C81H139NO9S2. The predicted octanol–water partition coefficient (Wildman–Crippen LogP) is 18.9. The fraction of sp³-hybridized carbons (Fsp3) is 0.926. The summed E-state index contributed by atoms with van der Waals surface area (Å²) in [6.45, 7) is 48.5. The summed E-state index contributed by atoms with van der Waals surface area (Å²) in [5.74, 6) is 10.5. The van der Waals surface area contributed by atoms with Gasteiger partial charge in [0.25, 0.3) is 0 Å². The van der Waals surface area contributed by atoms with Crippen LogP contribution in [-0.4, -0.2) is 131 Å². The molecule has 16 aliphatic heterocycles. The van der Waals surface area contributed by atoms with Crippen LogP contribution in [-0.2, 0) is 55.8 Å². The van der Waals surface area contributed by atoms with E-state index in [2.05, 4.69) is 168 Å². The molecule has 0 aromatic heterocycles. The van der Waals surface area contributed by atoms with E-state index in [-0.39, 0.29) is 11.2 Å². The lowest BCUT2D eigenvalue weighted by Gasteiger charge is -2.60. The third-order valence-electron chi connectivity index (χ3n) is 25.5. The van der Waals surface area contributed by atoms with Gasteiger partial charge in [-0.3, -0.25) is 0 Å². The molecule has 4 saturated carbocycles. The highest BCUT2D eigenvalue weighted by atomic mass is 32.2. The third-order valence-corrected chi connectivity index (χ3v) is 28.3. The van der Waals surface area contributed by atoms with Gasteiger partial charge in [0, 0.05) is 52.0 Å². The molecule has 20 aliphatic rings. The Morgan fingerprint density at radius 2 is 1.11 bits per heavy atom. The minimum absolute atomic E-state index is 0.263. The predicted molar refractivity (Wildman–Crippen MR) is 387 cm³/mol. The summed E-state index contributed by atoms with van der Waals surface area (Å²) in [5, 5.41) is 5.90. The normalized spacial score (nSPS) is 49.6. The number of aryl methyl sites for hydroxylation is 2. The first-order chi connectivity index (χ1) is 44.0. The Morgan fingerprint density at radius 3 is 1.58 bits per heavy atom. The van der Waals surface area contributed by atoms with Crippen molar-refractivity contribution >= 4 is 23.5 Å². The van der Waals surface area contributed by atoms with Crippen molar-refractivity contribution in [1.29, 1.82) is 0 Å². The van der Waals surface area contributed by atoms with Gasteiger partial charge in [-0.05, 0) is 260 Å². The molecule has 14 bridgehead atoms. The van der Waals surface area contributed by atoms with Crippen LogP contribution >= 0.6 is 23.5 Å². The van der Waals surface area contributed by atoms with Crippen molar-refractivity contribution in [2.45, 2.75) is 386 Å². The molecule has 10 nitrogen and oxygen atoms in total. The maximum atomic E-state index is 6.12. The summed E-state index contributed by atoms with van der Waals surface area (Å²) in [4.78, 5) is 0. The van der Waals surface area contributed by atoms with Gasteiger partial charge in [0.05, 0.1) is 104 Å². The molecule has 12 heteroatoms. The second-order valence-corrected chi connectivity index (χ2v) is 39.0. The quantitative estimate of drug-likeness (QED) is 0.251. The Morgan fingerprint density at radius 1 is 0.505 bits per heavy atom. The SMILES string of the molecule is CC12CC3CC(C1)OC(C)(C3)C2.CC1C2CC3CC1OC(C)(C3)C2.CC1CC(C)N1.CC1CC2OC1C1C3OC(CC3C)C21.CC1CC2OC1CC2C.CC1CCC(C)S1.CC1CCCC(C)OC1.CC1CSC(C)CO1.CC1OC1C.Cc1cc(C)c2c(c1)COC2. The summed E-state index contributed by atoms with van der Waals surface area (Å²) >= 11 is 4.12. The Labute approximate surface area is 578 Å². The molecule has 0 spiro atoms. The van der Waals surface area contributed by atoms with Gasteiger partial charge in [0.2, 0.25) is 0 Å². The number of hydrogen-bond acceptors (Lipinski definition) is 12. The zero-order valence-electron chi connectivity index (χ0n) is 62.8. The van der Waals surface area contributed by atoms with Crippen molar-refractivity contribution in [2.24, 2.45) is 70.5 Å². The second-order valence-electron chi connectivity index (χ2n) is 35.6. The lowest BCUT2D eigenvalue weighted by atomic mass is 9.55. The molecule has 21 rings (SSSR count). The molecule has 0 radical (unpaired) electrons. The number of nitrogens with one attached hydrogen (secondary N) is 1. The zero-order chi connectivity index (χ0) is 66.8. The molecule has 1 N–H and O–H groups in total. The molecule has 19 fully saturated rings. The van der Waals surface area contributed by atoms with Crippen LogP contribution in [0.2, 0.25) is 0 Å². The van der Waals surface area contributed by atoms with E-state index in [0.717, 1.165) is 114 Å². The molecule has 0 amide bonds. The largest absolute Gasteiger partial charge is 0.378 e. The number of rotatable bonds is 0.